The zero-order valence-electron chi connectivity index (χ0n) is 12.7. The summed E-state index contributed by atoms with van der Waals surface area (Å²) in [4.78, 5) is 13.8. The highest BCUT2D eigenvalue weighted by molar-refractivity contribution is 5.96. The van der Waals surface area contributed by atoms with Gasteiger partial charge in [0.1, 0.15) is 5.69 Å². The lowest BCUT2D eigenvalue weighted by molar-refractivity contribution is 0.0996. The van der Waals surface area contributed by atoms with Crippen LogP contribution in [-0.2, 0) is 6.54 Å². The van der Waals surface area contributed by atoms with E-state index >= 15 is 0 Å². The van der Waals surface area contributed by atoms with Gasteiger partial charge in [0.2, 0.25) is 0 Å². The van der Waals surface area contributed by atoms with E-state index in [0.717, 1.165) is 31.1 Å². The van der Waals surface area contributed by atoms with Gasteiger partial charge in [-0.1, -0.05) is 25.1 Å². The van der Waals surface area contributed by atoms with Gasteiger partial charge in [0, 0.05) is 12.1 Å². The number of rotatable bonds is 4. The van der Waals surface area contributed by atoms with Crippen LogP contribution in [0.3, 0.4) is 0 Å². The molecule has 0 spiro atoms. The smallest absolute Gasteiger partial charge is 0.271 e. The standard InChI is InChI=1S/C16H21N5O/c1-11-5-7-21(8-6-11)10-12-3-2-4-13(9-12)14-15(16(17)22)19-20-18-14/h2-4,9,11H,5-8,10H2,1H3,(H2,17,22)(H,18,19,20). The van der Waals surface area contributed by atoms with E-state index in [0.29, 0.717) is 5.69 Å². The minimum Gasteiger partial charge on any atom is -0.364 e. The Morgan fingerprint density at radius 3 is 2.86 bits per heavy atom. The molecule has 1 aromatic heterocycles. The molecule has 6 nitrogen and oxygen atoms in total. The monoisotopic (exact) mass is 299 g/mol. The second-order valence-electron chi connectivity index (χ2n) is 6.04. The molecule has 1 aliphatic rings. The molecule has 22 heavy (non-hydrogen) atoms. The van der Waals surface area contributed by atoms with Crippen molar-refractivity contribution in [2.45, 2.75) is 26.3 Å². The van der Waals surface area contributed by atoms with E-state index in [-0.39, 0.29) is 5.69 Å². The molecule has 1 aromatic carbocycles. The Bertz CT molecular complexity index is 658. The van der Waals surface area contributed by atoms with Gasteiger partial charge in [-0.15, -0.1) is 0 Å². The minimum absolute atomic E-state index is 0.184. The fraction of sp³-hybridized carbons (Fsp3) is 0.438. The molecule has 1 amide bonds. The zero-order chi connectivity index (χ0) is 15.5. The largest absolute Gasteiger partial charge is 0.364 e. The Balaban J connectivity index is 1.78. The van der Waals surface area contributed by atoms with Crippen LogP contribution in [0.1, 0.15) is 35.8 Å². The van der Waals surface area contributed by atoms with Crippen molar-refractivity contribution in [3.05, 3.63) is 35.5 Å². The van der Waals surface area contributed by atoms with Crippen molar-refractivity contribution < 1.29 is 4.79 Å². The Kier molecular flexibility index (Phi) is 4.20. The first kappa shape index (κ1) is 14.7. The highest BCUT2D eigenvalue weighted by Crippen LogP contribution is 2.23. The second kappa shape index (κ2) is 6.27. The third kappa shape index (κ3) is 3.17. The molecule has 0 aliphatic carbocycles. The quantitative estimate of drug-likeness (QED) is 0.901. The predicted molar refractivity (Wildman–Crippen MR) is 84.0 cm³/mol. The molecule has 3 rings (SSSR count). The van der Waals surface area contributed by atoms with Crippen LogP contribution in [-0.4, -0.2) is 39.3 Å². The summed E-state index contributed by atoms with van der Waals surface area (Å²) in [6.45, 7) is 5.52. The Labute approximate surface area is 129 Å². The summed E-state index contributed by atoms with van der Waals surface area (Å²) in [5, 5.41) is 10.4. The maximum Gasteiger partial charge on any atom is 0.271 e. The lowest BCUT2D eigenvalue weighted by Gasteiger charge is -2.30. The third-order valence-corrected chi connectivity index (χ3v) is 4.26. The molecule has 3 N–H and O–H groups in total. The first-order valence-corrected chi connectivity index (χ1v) is 7.65. The number of hydrogen-bond acceptors (Lipinski definition) is 4. The molecule has 6 heteroatoms. The van der Waals surface area contributed by atoms with E-state index in [1.165, 1.54) is 18.4 Å². The van der Waals surface area contributed by atoms with Crippen molar-refractivity contribution in [3.8, 4) is 11.3 Å². The summed E-state index contributed by atoms with van der Waals surface area (Å²) in [6.07, 6.45) is 2.52. The van der Waals surface area contributed by atoms with Crippen molar-refractivity contribution in [3.63, 3.8) is 0 Å². The molecule has 0 unspecified atom stereocenters. The van der Waals surface area contributed by atoms with Crippen LogP contribution in [0.25, 0.3) is 11.3 Å². The van der Waals surface area contributed by atoms with E-state index in [9.17, 15) is 4.79 Å². The van der Waals surface area contributed by atoms with E-state index in [4.69, 9.17) is 5.73 Å². The van der Waals surface area contributed by atoms with Gasteiger partial charge in [-0.2, -0.15) is 15.4 Å². The lowest BCUT2D eigenvalue weighted by Crippen LogP contribution is -2.32. The average Bonchev–Trinajstić information content (AvgIpc) is 3.00. The normalized spacial score (nSPS) is 16.8. The average molecular weight is 299 g/mol. The van der Waals surface area contributed by atoms with Gasteiger partial charge in [0.05, 0.1) is 0 Å². The Morgan fingerprint density at radius 2 is 2.14 bits per heavy atom. The lowest BCUT2D eigenvalue weighted by atomic mass is 9.98. The maximum atomic E-state index is 11.4. The number of amides is 1. The van der Waals surface area contributed by atoms with Crippen molar-refractivity contribution >= 4 is 5.91 Å². The summed E-state index contributed by atoms with van der Waals surface area (Å²) in [6, 6.07) is 8.07. The molecule has 0 atom stereocenters. The number of carbonyl (C=O) groups is 1. The first-order valence-electron chi connectivity index (χ1n) is 7.65. The summed E-state index contributed by atoms with van der Waals surface area (Å²) in [7, 11) is 0. The molecular weight excluding hydrogens is 278 g/mol. The highest BCUT2D eigenvalue weighted by atomic mass is 16.1. The van der Waals surface area contributed by atoms with E-state index in [1.54, 1.807) is 0 Å². The fourth-order valence-electron chi connectivity index (χ4n) is 2.90. The topological polar surface area (TPSA) is 87.9 Å². The van der Waals surface area contributed by atoms with Crippen LogP contribution in [0, 0.1) is 5.92 Å². The molecule has 116 valence electrons. The van der Waals surface area contributed by atoms with Gasteiger partial charge in [-0.05, 0) is 43.5 Å². The predicted octanol–water partition coefficient (Wildman–Crippen LogP) is 1.80. The number of nitrogens with zero attached hydrogens (tertiary/aromatic N) is 3. The molecule has 0 saturated carbocycles. The Morgan fingerprint density at radius 1 is 1.36 bits per heavy atom. The van der Waals surface area contributed by atoms with Crippen molar-refractivity contribution in [1.29, 1.82) is 0 Å². The number of primary amides is 1. The number of benzene rings is 1. The number of H-pyrrole nitrogens is 1. The fourth-order valence-corrected chi connectivity index (χ4v) is 2.90. The second-order valence-corrected chi connectivity index (χ2v) is 6.04. The van der Waals surface area contributed by atoms with Gasteiger partial charge in [-0.25, -0.2) is 0 Å². The van der Waals surface area contributed by atoms with Gasteiger partial charge in [0.15, 0.2) is 5.69 Å². The molecule has 0 bridgehead atoms. The van der Waals surface area contributed by atoms with Crippen molar-refractivity contribution in [1.82, 2.24) is 20.3 Å². The zero-order valence-corrected chi connectivity index (χ0v) is 12.7. The molecule has 1 aliphatic heterocycles. The number of nitrogens with two attached hydrogens (primary N) is 1. The van der Waals surface area contributed by atoms with Crippen molar-refractivity contribution in [2.75, 3.05) is 13.1 Å². The third-order valence-electron chi connectivity index (χ3n) is 4.26. The van der Waals surface area contributed by atoms with E-state index < -0.39 is 5.91 Å². The molecule has 0 radical (unpaired) electrons. The molecule has 1 fully saturated rings. The van der Waals surface area contributed by atoms with Crippen LogP contribution in [0.2, 0.25) is 0 Å². The van der Waals surface area contributed by atoms with Crippen LogP contribution < -0.4 is 5.73 Å². The van der Waals surface area contributed by atoms with Crippen LogP contribution >= 0.6 is 0 Å². The molecule has 2 aromatic rings. The number of nitrogens with one attached hydrogen (secondary N) is 1. The van der Waals surface area contributed by atoms with E-state index in [2.05, 4.69) is 39.4 Å². The number of aromatic nitrogens is 3. The summed E-state index contributed by atoms with van der Waals surface area (Å²) < 4.78 is 0. The van der Waals surface area contributed by atoms with Gasteiger partial charge in [0.25, 0.3) is 5.91 Å². The van der Waals surface area contributed by atoms with Gasteiger partial charge < -0.3 is 5.73 Å². The SMILES string of the molecule is CC1CCN(Cc2cccc(-c3n[nH]nc3C(N)=O)c2)CC1. The van der Waals surface area contributed by atoms with Crippen LogP contribution in [0.5, 0.6) is 0 Å². The minimum atomic E-state index is -0.570. The number of hydrogen-bond donors (Lipinski definition) is 2. The maximum absolute atomic E-state index is 11.4. The molecule has 1 saturated heterocycles. The molecule has 2 heterocycles. The number of carbonyl (C=O) groups excluding carboxylic acids is 1. The molecular formula is C16H21N5O. The van der Waals surface area contributed by atoms with Gasteiger partial charge in [-0.3, -0.25) is 9.69 Å². The first-order chi connectivity index (χ1) is 10.6. The summed E-state index contributed by atoms with van der Waals surface area (Å²) in [5.41, 5.74) is 8.11. The van der Waals surface area contributed by atoms with E-state index in [1.807, 2.05) is 12.1 Å². The number of likely N-dealkylation sites (tertiary alicyclic amines) is 1. The highest BCUT2D eigenvalue weighted by Gasteiger charge is 2.17. The van der Waals surface area contributed by atoms with Crippen LogP contribution in [0.4, 0.5) is 0 Å². The summed E-state index contributed by atoms with van der Waals surface area (Å²) in [5.74, 6) is 0.259. The van der Waals surface area contributed by atoms with Gasteiger partial charge >= 0.3 is 0 Å². The Hall–Kier alpha value is -2.21. The number of piperidine rings is 1. The summed E-state index contributed by atoms with van der Waals surface area (Å²) >= 11 is 0. The van der Waals surface area contributed by atoms with Crippen molar-refractivity contribution in [2.24, 2.45) is 11.7 Å². The number of aromatic amines is 1. The van der Waals surface area contributed by atoms with Crippen LogP contribution in [0.15, 0.2) is 24.3 Å².